The zero-order valence-corrected chi connectivity index (χ0v) is 18.0. The average molecular weight is 434 g/mol. The molecule has 3 aromatic rings. The maximum absolute atomic E-state index is 13.0. The van der Waals surface area contributed by atoms with E-state index in [1.165, 1.54) is 6.07 Å². The first-order valence-electron chi connectivity index (χ1n) is 10.5. The highest BCUT2D eigenvalue weighted by atomic mass is 16.6. The van der Waals surface area contributed by atoms with Crippen molar-refractivity contribution in [1.29, 1.82) is 0 Å². The second-order valence-corrected chi connectivity index (χ2v) is 7.60. The number of carbonyl (C=O) groups excluding carboxylic acids is 1. The van der Waals surface area contributed by atoms with Crippen LogP contribution in [0.2, 0.25) is 0 Å². The molecule has 0 unspecified atom stereocenters. The van der Waals surface area contributed by atoms with Crippen molar-refractivity contribution in [3.8, 4) is 0 Å². The summed E-state index contributed by atoms with van der Waals surface area (Å²) in [5, 5.41) is 23.5. The molecule has 3 rings (SSSR count). The van der Waals surface area contributed by atoms with Crippen molar-refractivity contribution in [3.63, 3.8) is 0 Å². The third kappa shape index (κ3) is 6.00. The fourth-order valence-corrected chi connectivity index (χ4v) is 3.73. The molecule has 7 heteroatoms. The van der Waals surface area contributed by atoms with Crippen LogP contribution in [0, 0.1) is 17.0 Å². The van der Waals surface area contributed by atoms with Gasteiger partial charge in [0.15, 0.2) is 0 Å². The second kappa shape index (κ2) is 11.2. The molecular formula is C25H27N3O4. The van der Waals surface area contributed by atoms with Crippen LogP contribution in [0.3, 0.4) is 0 Å². The number of hydrogen-bond donors (Lipinski definition) is 2. The van der Waals surface area contributed by atoms with Crippen LogP contribution in [-0.2, 0) is 4.79 Å². The minimum absolute atomic E-state index is 0.00213. The number of nitro benzene ring substituents is 1. The van der Waals surface area contributed by atoms with E-state index in [-0.39, 0.29) is 36.5 Å². The van der Waals surface area contributed by atoms with E-state index < -0.39 is 4.92 Å². The van der Waals surface area contributed by atoms with Gasteiger partial charge in [-0.15, -0.1) is 0 Å². The number of benzene rings is 3. The van der Waals surface area contributed by atoms with Crippen LogP contribution in [0.4, 0.5) is 11.4 Å². The lowest BCUT2D eigenvalue weighted by atomic mass is 9.96. The molecule has 0 saturated carbocycles. The standard InChI is InChI=1S/C25H27N3O4/c1-19-13-14-22(23(17-19)28(31)32)26-24(30)18-27(15-8-16-29)25(20-9-4-2-5-10-20)21-11-6-3-7-12-21/h2-7,9-14,17,25,29H,8,15-16,18H2,1H3,(H,26,30). The molecule has 166 valence electrons. The van der Waals surface area contributed by atoms with Crippen molar-refractivity contribution in [1.82, 2.24) is 4.90 Å². The number of anilines is 1. The lowest BCUT2D eigenvalue weighted by Crippen LogP contribution is -2.38. The van der Waals surface area contributed by atoms with E-state index in [4.69, 9.17) is 0 Å². The minimum atomic E-state index is -0.497. The Bertz CT molecular complexity index is 1000. The average Bonchev–Trinajstić information content (AvgIpc) is 2.80. The van der Waals surface area contributed by atoms with Gasteiger partial charge < -0.3 is 10.4 Å². The molecule has 1 amide bonds. The first-order chi connectivity index (χ1) is 15.5. The summed E-state index contributed by atoms with van der Waals surface area (Å²) in [6.45, 7) is 2.26. The minimum Gasteiger partial charge on any atom is -0.396 e. The van der Waals surface area contributed by atoms with Gasteiger partial charge in [-0.05, 0) is 36.1 Å². The summed E-state index contributed by atoms with van der Waals surface area (Å²) in [6, 6.07) is 24.2. The fraction of sp³-hybridized carbons (Fsp3) is 0.240. The largest absolute Gasteiger partial charge is 0.396 e. The van der Waals surface area contributed by atoms with Crippen molar-refractivity contribution in [3.05, 3.63) is 106 Å². The van der Waals surface area contributed by atoms with Gasteiger partial charge in [0.1, 0.15) is 5.69 Å². The number of amides is 1. The molecule has 0 bridgehead atoms. The highest BCUT2D eigenvalue weighted by Crippen LogP contribution is 2.29. The van der Waals surface area contributed by atoms with Gasteiger partial charge in [0.25, 0.3) is 5.69 Å². The first kappa shape index (κ1) is 23.1. The van der Waals surface area contributed by atoms with Gasteiger partial charge in [-0.2, -0.15) is 0 Å². The molecule has 0 aliphatic heterocycles. The molecule has 32 heavy (non-hydrogen) atoms. The molecule has 0 heterocycles. The smallest absolute Gasteiger partial charge is 0.293 e. The van der Waals surface area contributed by atoms with E-state index in [1.807, 2.05) is 65.6 Å². The van der Waals surface area contributed by atoms with E-state index in [1.54, 1.807) is 19.1 Å². The number of rotatable bonds is 10. The molecule has 2 N–H and O–H groups in total. The quantitative estimate of drug-likeness (QED) is 0.367. The molecule has 0 saturated heterocycles. The summed E-state index contributed by atoms with van der Waals surface area (Å²) < 4.78 is 0. The lowest BCUT2D eigenvalue weighted by molar-refractivity contribution is -0.384. The van der Waals surface area contributed by atoms with Gasteiger partial charge in [-0.3, -0.25) is 19.8 Å². The Morgan fingerprint density at radius 1 is 1.03 bits per heavy atom. The molecule has 0 atom stereocenters. The number of aliphatic hydroxyl groups excluding tert-OH is 1. The molecular weight excluding hydrogens is 406 g/mol. The Balaban J connectivity index is 1.89. The lowest BCUT2D eigenvalue weighted by Gasteiger charge is -2.32. The Kier molecular flexibility index (Phi) is 8.08. The van der Waals surface area contributed by atoms with Crippen LogP contribution in [0.1, 0.15) is 29.2 Å². The Morgan fingerprint density at radius 3 is 2.16 bits per heavy atom. The first-order valence-corrected chi connectivity index (χ1v) is 10.5. The second-order valence-electron chi connectivity index (χ2n) is 7.60. The molecule has 0 aromatic heterocycles. The number of carbonyl (C=O) groups is 1. The van der Waals surface area contributed by atoms with E-state index in [2.05, 4.69) is 5.32 Å². The molecule has 7 nitrogen and oxygen atoms in total. The van der Waals surface area contributed by atoms with Crippen LogP contribution in [0.5, 0.6) is 0 Å². The number of aryl methyl sites for hydroxylation is 1. The molecule has 0 spiro atoms. The molecule has 0 aliphatic rings. The van der Waals surface area contributed by atoms with E-state index in [0.717, 1.165) is 16.7 Å². The van der Waals surface area contributed by atoms with Crippen LogP contribution in [-0.4, -0.2) is 40.5 Å². The Morgan fingerprint density at radius 2 is 1.62 bits per heavy atom. The number of hydrogen-bond acceptors (Lipinski definition) is 5. The van der Waals surface area contributed by atoms with Gasteiger partial charge >= 0.3 is 0 Å². The maximum atomic E-state index is 13.0. The monoisotopic (exact) mass is 433 g/mol. The Labute approximate surface area is 187 Å². The summed E-state index contributed by atoms with van der Waals surface area (Å²) in [5.41, 5.74) is 2.82. The Hall–Kier alpha value is -3.55. The summed E-state index contributed by atoms with van der Waals surface area (Å²) in [6.07, 6.45) is 0.494. The van der Waals surface area contributed by atoms with Crippen LogP contribution in [0.15, 0.2) is 78.9 Å². The summed E-state index contributed by atoms with van der Waals surface area (Å²) in [7, 11) is 0. The number of nitrogens with zero attached hydrogens (tertiary/aromatic N) is 2. The molecule has 3 aromatic carbocycles. The predicted octanol–water partition coefficient (Wildman–Crippen LogP) is 4.32. The van der Waals surface area contributed by atoms with Crippen LogP contribution < -0.4 is 5.32 Å². The highest BCUT2D eigenvalue weighted by Gasteiger charge is 2.25. The van der Waals surface area contributed by atoms with Crippen LogP contribution >= 0.6 is 0 Å². The molecule has 0 aliphatic carbocycles. The van der Waals surface area contributed by atoms with Crippen molar-refractivity contribution in [2.45, 2.75) is 19.4 Å². The third-order valence-electron chi connectivity index (χ3n) is 5.17. The van der Waals surface area contributed by atoms with Crippen molar-refractivity contribution < 1.29 is 14.8 Å². The van der Waals surface area contributed by atoms with Gasteiger partial charge in [0.2, 0.25) is 5.91 Å². The number of nitro groups is 1. The van der Waals surface area contributed by atoms with E-state index in [0.29, 0.717) is 13.0 Å². The summed E-state index contributed by atoms with van der Waals surface area (Å²) in [5.74, 6) is -0.355. The molecule has 0 fully saturated rings. The van der Waals surface area contributed by atoms with Gasteiger partial charge in [0, 0.05) is 19.2 Å². The van der Waals surface area contributed by atoms with E-state index in [9.17, 15) is 20.0 Å². The SMILES string of the molecule is Cc1ccc(NC(=O)CN(CCCO)C(c2ccccc2)c2ccccc2)c([N+](=O)[O-])c1. The highest BCUT2D eigenvalue weighted by molar-refractivity contribution is 5.94. The summed E-state index contributed by atoms with van der Waals surface area (Å²) in [4.78, 5) is 25.9. The van der Waals surface area contributed by atoms with E-state index >= 15 is 0 Å². The van der Waals surface area contributed by atoms with Crippen molar-refractivity contribution >= 4 is 17.3 Å². The zero-order chi connectivity index (χ0) is 22.9. The number of nitrogens with one attached hydrogen (secondary N) is 1. The third-order valence-corrected chi connectivity index (χ3v) is 5.17. The van der Waals surface area contributed by atoms with Crippen LogP contribution in [0.25, 0.3) is 0 Å². The van der Waals surface area contributed by atoms with Crippen molar-refractivity contribution in [2.75, 3.05) is 25.0 Å². The summed E-state index contributed by atoms with van der Waals surface area (Å²) >= 11 is 0. The van der Waals surface area contributed by atoms with Gasteiger partial charge in [-0.25, -0.2) is 0 Å². The maximum Gasteiger partial charge on any atom is 0.293 e. The normalized spacial score (nSPS) is 11.0. The number of aliphatic hydroxyl groups is 1. The zero-order valence-electron chi connectivity index (χ0n) is 18.0. The van der Waals surface area contributed by atoms with Crippen molar-refractivity contribution in [2.24, 2.45) is 0 Å². The van der Waals surface area contributed by atoms with Gasteiger partial charge in [0.05, 0.1) is 17.5 Å². The topological polar surface area (TPSA) is 95.7 Å². The van der Waals surface area contributed by atoms with Gasteiger partial charge in [-0.1, -0.05) is 66.7 Å². The predicted molar refractivity (Wildman–Crippen MR) is 124 cm³/mol. The molecule has 0 radical (unpaired) electrons. The fourth-order valence-electron chi connectivity index (χ4n) is 3.73.